The second-order valence-corrected chi connectivity index (χ2v) is 22.8. The normalized spacial score (nSPS) is 11.2. The molecule has 5 aromatic carbocycles. The first-order valence-corrected chi connectivity index (χ1v) is 32.0. The molecule has 0 saturated carbocycles. The van der Waals surface area contributed by atoms with Crippen molar-refractivity contribution in [2.75, 3.05) is 5.33 Å². The number of hydrogen-bond donors (Lipinski definition) is 0. The molecule has 11 heteroatoms. The minimum Gasteiger partial charge on any atom is -0.461 e. The highest BCUT2D eigenvalue weighted by molar-refractivity contribution is 9.09. The Labute approximate surface area is 499 Å². The van der Waals surface area contributed by atoms with Crippen molar-refractivity contribution in [3.05, 3.63) is 167 Å². The Morgan fingerprint density at radius 1 is 0.293 bits per heavy atom. The predicted octanol–water partition coefficient (Wildman–Crippen LogP) is 18.4. The van der Waals surface area contributed by atoms with Crippen LogP contribution in [-0.4, -0.2) is 35.2 Å². The zero-order valence-electron chi connectivity index (χ0n) is 49.0. The molecule has 0 aliphatic rings. The molecule has 0 aliphatic carbocycles. The Bertz CT molecular complexity index is 2480. The van der Waals surface area contributed by atoms with Gasteiger partial charge < -0.3 is 23.7 Å². The van der Waals surface area contributed by atoms with Gasteiger partial charge in [-0.2, -0.15) is 0 Å². The lowest BCUT2D eigenvalue weighted by atomic mass is 9.77. The van der Waals surface area contributed by atoms with E-state index in [-0.39, 0.29) is 44.3 Å². The van der Waals surface area contributed by atoms with Crippen LogP contribution in [0.1, 0.15) is 214 Å². The van der Waals surface area contributed by atoms with Crippen LogP contribution in [-0.2, 0) is 80.7 Å². The summed E-state index contributed by atoms with van der Waals surface area (Å²) < 4.78 is 28.7. The van der Waals surface area contributed by atoms with E-state index in [9.17, 15) is 24.0 Å². The average Bonchev–Trinajstić information content (AvgIpc) is 3.71. The number of alkyl halides is 1. The zero-order valence-corrected chi connectivity index (χ0v) is 50.6. The van der Waals surface area contributed by atoms with Crippen LogP contribution in [0.25, 0.3) is 11.1 Å². The third-order valence-corrected chi connectivity index (χ3v) is 15.7. The maximum Gasteiger partial charge on any atom is 0.323 e. The lowest BCUT2D eigenvalue weighted by Gasteiger charge is -2.30. The van der Waals surface area contributed by atoms with E-state index < -0.39 is 17.4 Å². The summed E-state index contributed by atoms with van der Waals surface area (Å²) in [5, 5.41) is 1.08. The molecule has 0 aromatic heterocycles. The van der Waals surface area contributed by atoms with Gasteiger partial charge in [0.2, 0.25) is 0 Å². The molecule has 0 amide bonds. The topological polar surface area (TPSA) is 132 Å². The first kappa shape index (κ1) is 66.7. The monoisotopic (exact) mass is 1180 g/mol. The molecule has 5 aromatic rings. The van der Waals surface area contributed by atoms with E-state index >= 15 is 0 Å². The number of carbonyl (C=O) groups excluding carboxylic acids is 5. The van der Waals surface area contributed by atoms with Gasteiger partial charge in [0.05, 0.1) is 0 Å². The van der Waals surface area contributed by atoms with Gasteiger partial charge in [0, 0.05) is 24.6 Å². The van der Waals surface area contributed by atoms with Gasteiger partial charge >= 0.3 is 29.8 Å². The molecule has 0 radical (unpaired) electrons. The lowest BCUT2D eigenvalue weighted by molar-refractivity contribution is -0.176. The molecule has 0 fully saturated rings. The quantitative estimate of drug-likeness (QED) is 0.0122. The molecule has 0 unspecified atom stereocenters. The largest absolute Gasteiger partial charge is 0.461 e. The van der Waals surface area contributed by atoms with Crippen LogP contribution in [0.5, 0.6) is 0 Å². The van der Waals surface area contributed by atoms with E-state index in [1.165, 1.54) is 38.5 Å². The van der Waals surface area contributed by atoms with Gasteiger partial charge in [-0.3, -0.25) is 24.0 Å². The summed E-state index contributed by atoms with van der Waals surface area (Å²) in [6, 6.07) is 44.9. The van der Waals surface area contributed by atoms with Crippen LogP contribution in [0.15, 0.2) is 140 Å². The van der Waals surface area contributed by atoms with Gasteiger partial charge in [0.25, 0.3) is 0 Å². The molecule has 10 nitrogen and oxygen atoms in total. The summed E-state index contributed by atoms with van der Waals surface area (Å²) in [4.78, 5) is 66.1. The van der Waals surface area contributed by atoms with E-state index in [4.69, 9.17) is 23.7 Å². The molecule has 0 saturated heterocycles. The Balaban J connectivity index is 0.988. The molecule has 5 rings (SSSR count). The molecule has 444 valence electrons. The third kappa shape index (κ3) is 28.3. The summed E-state index contributed by atoms with van der Waals surface area (Å²) >= 11 is 3.49. The highest BCUT2D eigenvalue weighted by Gasteiger charge is 2.48. The summed E-state index contributed by atoms with van der Waals surface area (Å²) in [6.07, 6.45) is 26.2. The SMILES string of the molecule is O=C(CCCCCCCCCCBr)OCc1cccc(-c2cccc(COC(=O)CCCCCCCCCCC(CCCCCCCCCCC(=O)OCc3ccccc3)(C(=O)OCc3ccccc3)C(=O)OCc3ccccc3)c2)c1. The van der Waals surface area contributed by atoms with Gasteiger partial charge in [-0.05, 0) is 89.6 Å². The van der Waals surface area contributed by atoms with Crippen LogP contribution >= 0.6 is 15.9 Å². The molecular formula is C71H93BrO10. The van der Waals surface area contributed by atoms with Crippen molar-refractivity contribution in [2.45, 2.75) is 219 Å². The molecule has 0 spiro atoms. The van der Waals surface area contributed by atoms with E-state index in [2.05, 4.69) is 15.9 Å². The Kier molecular flexibility index (Phi) is 34.1. The number of esters is 5. The minimum atomic E-state index is -1.41. The van der Waals surface area contributed by atoms with Crippen LogP contribution in [0.3, 0.4) is 0 Å². The molecular weight excluding hydrogens is 1090 g/mol. The number of rotatable bonds is 45. The fourth-order valence-corrected chi connectivity index (χ4v) is 10.6. The van der Waals surface area contributed by atoms with Gasteiger partial charge in [-0.1, -0.05) is 272 Å². The first-order chi connectivity index (χ1) is 40.2. The summed E-state index contributed by atoms with van der Waals surface area (Å²) in [6.45, 7) is 0.926. The second kappa shape index (κ2) is 41.8. The Morgan fingerprint density at radius 3 is 0.890 bits per heavy atom. The lowest BCUT2D eigenvalue weighted by Crippen LogP contribution is -2.42. The van der Waals surface area contributed by atoms with Crippen molar-refractivity contribution < 1.29 is 47.7 Å². The molecule has 82 heavy (non-hydrogen) atoms. The fourth-order valence-electron chi connectivity index (χ4n) is 10.2. The number of carbonyl (C=O) groups is 5. The van der Waals surface area contributed by atoms with Gasteiger partial charge in [0.15, 0.2) is 5.41 Å². The van der Waals surface area contributed by atoms with Crippen molar-refractivity contribution in [3.8, 4) is 11.1 Å². The standard InChI is InChI=1S/C71H93BrO10/c72-51-33-18-12-6-3-9-15-30-48-68(75)80-58-63-43-35-45-65(53-63)64-44-34-42-62(52-64)57-79-67(74)47-29-14-8-2-5-11-17-32-50-71(69(76)81-55-60-38-24-20-25-39-60,70(77)82-56-61-40-26-21-27-41-61)49-31-16-10-4-1-7-13-28-46-66(73)78-54-59-36-22-19-23-37-59/h19-27,34-45,52-53H,1-18,28-33,46-51,54-58H2. The number of halogens is 1. The maximum atomic E-state index is 14.3. The molecule has 0 bridgehead atoms. The van der Waals surface area contributed by atoms with Gasteiger partial charge in [-0.25, -0.2) is 0 Å². The van der Waals surface area contributed by atoms with Crippen LogP contribution in [0.4, 0.5) is 0 Å². The fraction of sp³-hybridized carbons (Fsp3) is 0.507. The van der Waals surface area contributed by atoms with E-state index in [0.29, 0.717) is 51.6 Å². The molecule has 0 atom stereocenters. The van der Waals surface area contributed by atoms with Crippen LogP contribution in [0.2, 0.25) is 0 Å². The van der Waals surface area contributed by atoms with E-state index in [1.807, 2.05) is 140 Å². The maximum absolute atomic E-state index is 14.3. The molecule has 0 aliphatic heterocycles. The van der Waals surface area contributed by atoms with E-state index in [1.54, 1.807) is 0 Å². The molecule has 0 heterocycles. The summed E-state index contributed by atoms with van der Waals surface area (Å²) in [5.41, 5.74) is 5.17. The van der Waals surface area contributed by atoms with Crippen molar-refractivity contribution in [2.24, 2.45) is 5.41 Å². The number of hydrogen-bond acceptors (Lipinski definition) is 10. The van der Waals surface area contributed by atoms with Gasteiger partial charge in [0.1, 0.15) is 33.0 Å². The van der Waals surface area contributed by atoms with Crippen LogP contribution < -0.4 is 0 Å². The number of ether oxygens (including phenoxy) is 5. The first-order valence-electron chi connectivity index (χ1n) is 30.9. The van der Waals surface area contributed by atoms with E-state index in [0.717, 1.165) is 147 Å². The second-order valence-electron chi connectivity index (χ2n) is 22.0. The Hall–Kier alpha value is -6.07. The smallest absolute Gasteiger partial charge is 0.323 e. The average molecular weight is 1190 g/mol. The predicted molar refractivity (Wildman–Crippen MR) is 330 cm³/mol. The highest BCUT2D eigenvalue weighted by atomic mass is 79.9. The third-order valence-electron chi connectivity index (χ3n) is 15.2. The van der Waals surface area contributed by atoms with Crippen LogP contribution in [0, 0.1) is 5.41 Å². The zero-order chi connectivity index (χ0) is 58.0. The summed E-state index contributed by atoms with van der Waals surface area (Å²) in [5.74, 6) is -1.54. The van der Waals surface area contributed by atoms with Crippen molar-refractivity contribution in [1.29, 1.82) is 0 Å². The summed E-state index contributed by atoms with van der Waals surface area (Å²) in [7, 11) is 0. The van der Waals surface area contributed by atoms with Crippen molar-refractivity contribution in [3.63, 3.8) is 0 Å². The number of unbranched alkanes of at least 4 members (excludes halogenated alkanes) is 21. The van der Waals surface area contributed by atoms with Gasteiger partial charge in [-0.15, -0.1) is 0 Å². The van der Waals surface area contributed by atoms with Crippen molar-refractivity contribution >= 4 is 45.8 Å². The number of benzene rings is 5. The highest BCUT2D eigenvalue weighted by Crippen LogP contribution is 2.36. The molecule has 0 N–H and O–H groups in total. The minimum absolute atomic E-state index is 0.0844. The van der Waals surface area contributed by atoms with Crippen molar-refractivity contribution in [1.82, 2.24) is 0 Å². The Morgan fingerprint density at radius 2 is 0.561 bits per heavy atom.